The van der Waals surface area contributed by atoms with Crippen molar-refractivity contribution in [1.82, 2.24) is 0 Å². The van der Waals surface area contributed by atoms with Crippen LogP contribution in [0.3, 0.4) is 0 Å². The first-order chi connectivity index (χ1) is 7.95. The number of hydrogen-bond donors (Lipinski definition) is 3. The number of likely N-dealkylation sites (N-methyl/N-ethyl adjacent to an activating group) is 1. The Morgan fingerprint density at radius 2 is 1.94 bits per heavy atom. The van der Waals surface area contributed by atoms with Crippen LogP contribution in [0.15, 0.2) is 18.2 Å². The van der Waals surface area contributed by atoms with Crippen LogP contribution in [-0.4, -0.2) is 24.9 Å². The number of carbonyl (C=O) groups is 2. The van der Waals surface area contributed by atoms with E-state index in [1.54, 1.807) is 17.0 Å². The SMILES string of the molecule is CCN(CC(N)=O)c1ccc(C(N)=O)cc1N. The zero-order valence-electron chi connectivity index (χ0n) is 9.64. The maximum absolute atomic E-state index is 11.0. The summed E-state index contributed by atoms with van der Waals surface area (Å²) in [5.41, 5.74) is 17.5. The molecule has 6 N–H and O–H groups in total. The number of amides is 2. The number of hydrogen-bond acceptors (Lipinski definition) is 4. The van der Waals surface area contributed by atoms with Crippen LogP contribution in [-0.2, 0) is 4.79 Å². The number of nitrogens with zero attached hydrogens (tertiary/aromatic N) is 1. The van der Waals surface area contributed by atoms with Gasteiger partial charge < -0.3 is 22.1 Å². The summed E-state index contributed by atoms with van der Waals surface area (Å²) < 4.78 is 0. The highest BCUT2D eigenvalue weighted by Gasteiger charge is 2.12. The van der Waals surface area contributed by atoms with Crippen LogP contribution in [0.5, 0.6) is 0 Å². The summed E-state index contributed by atoms with van der Waals surface area (Å²) in [5.74, 6) is -0.980. The Labute approximate surface area is 99.4 Å². The van der Waals surface area contributed by atoms with E-state index in [2.05, 4.69) is 0 Å². The Morgan fingerprint density at radius 3 is 2.35 bits per heavy atom. The normalized spacial score (nSPS) is 9.94. The van der Waals surface area contributed by atoms with Crippen LogP contribution < -0.4 is 22.1 Å². The highest BCUT2D eigenvalue weighted by molar-refractivity contribution is 5.95. The molecular weight excluding hydrogens is 220 g/mol. The fourth-order valence-electron chi connectivity index (χ4n) is 1.55. The molecule has 0 aliphatic rings. The van der Waals surface area contributed by atoms with Gasteiger partial charge in [-0.2, -0.15) is 0 Å². The first-order valence-corrected chi connectivity index (χ1v) is 5.18. The van der Waals surface area contributed by atoms with Crippen LogP contribution in [0.25, 0.3) is 0 Å². The molecule has 17 heavy (non-hydrogen) atoms. The molecule has 0 saturated heterocycles. The standard InChI is InChI=1S/C11H16N4O2/c1-2-15(6-10(13)16)9-4-3-7(11(14)17)5-8(9)12/h3-5H,2,6,12H2,1H3,(H2,13,16)(H2,14,17). The number of anilines is 2. The summed E-state index contributed by atoms with van der Waals surface area (Å²) in [5, 5.41) is 0. The Morgan fingerprint density at radius 1 is 1.29 bits per heavy atom. The topological polar surface area (TPSA) is 115 Å². The van der Waals surface area contributed by atoms with Gasteiger partial charge >= 0.3 is 0 Å². The first kappa shape index (κ1) is 12.8. The van der Waals surface area contributed by atoms with Gasteiger partial charge in [-0.1, -0.05) is 0 Å². The Kier molecular flexibility index (Phi) is 3.92. The monoisotopic (exact) mass is 236 g/mol. The van der Waals surface area contributed by atoms with E-state index in [9.17, 15) is 9.59 Å². The van der Waals surface area contributed by atoms with E-state index in [0.717, 1.165) is 0 Å². The van der Waals surface area contributed by atoms with Crippen molar-refractivity contribution < 1.29 is 9.59 Å². The van der Waals surface area contributed by atoms with E-state index in [4.69, 9.17) is 17.2 Å². The lowest BCUT2D eigenvalue weighted by Crippen LogP contribution is -2.34. The van der Waals surface area contributed by atoms with Gasteiger partial charge in [-0.25, -0.2) is 0 Å². The molecule has 0 atom stereocenters. The number of benzene rings is 1. The summed E-state index contributed by atoms with van der Waals surface area (Å²) in [6.45, 7) is 2.55. The molecule has 0 radical (unpaired) electrons. The number of nitrogen functional groups attached to an aromatic ring is 1. The first-order valence-electron chi connectivity index (χ1n) is 5.18. The lowest BCUT2D eigenvalue weighted by atomic mass is 10.1. The van der Waals surface area contributed by atoms with Crippen molar-refractivity contribution in [3.63, 3.8) is 0 Å². The van der Waals surface area contributed by atoms with Crippen molar-refractivity contribution in [3.05, 3.63) is 23.8 Å². The van der Waals surface area contributed by atoms with Gasteiger partial charge in [-0.15, -0.1) is 0 Å². The van der Waals surface area contributed by atoms with E-state index in [1.165, 1.54) is 6.07 Å². The molecule has 0 fully saturated rings. The minimum Gasteiger partial charge on any atom is -0.397 e. The van der Waals surface area contributed by atoms with Crippen molar-refractivity contribution >= 4 is 23.2 Å². The van der Waals surface area contributed by atoms with Crippen molar-refractivity contribution in [2.45, 2.75) is 6.92 Å². The third-order valence-corrected chi connectivity index (χ3v) is 2.38. The minimum absolute atomic E-state index is 0.0800. The predicted octanol–water partition coefficient (Wildman–Crippen LogP) is -0.321. The molecule has 0 heterocycles. The van der Waals surface area contributed by atoms with Crippen molar-refractivity contribution in [2.75, 3.05) is 23.7 Å². The molecule has 0 aliphatic carbocycles. The molecule has 1 aromatic rings. The molecule has 0 bridgehead atoms. The molecule has 1 rings (SSSR count). The van der Waals surface area contributed by atoms with E-state index in [1.807, 2.05) is 6.92 Å². The molecule has 6 nitrogen and oxygen atoms in total. The predicted molar refractivity (Wildman–Crippen MR) is 66.5 cm³/mol. The smallest absolute Gasteiger partial charge is 0.248 e. The van der Waals surface area contributed by atoms with Crippen LogP contribution in [0, 0.1) is 0 Å². The fourth-order valence-corrected chi connectivity index (χ4v) is 1.55. The summed E-state index contributed by atoms with van der Waals surface area (Å²) in [6.07, 6.45) is 0. The largest absolute Gasteiger partial charge is 0.397 e. The molecule has 0 aliphatic heterocycles. The zero-order chi connectivity index (χ0) is 13.0. The second-order valence-corrected chi connectivity index (χ2v) is 3.62. The van der Waals surface area contributed by atoms with E-state index in [-0.39, 0.29) is 6.54 Å². The third-order valence-electron chi connectivity index (χ3n) is 2.38. The summed E-state index contributed by atoms with van der Waals surface area (Å²) in [7, 11) is 0. The molecule has 92 valence electrons. The highest BCUT2D eigenvalue weighted by atomic mass is 16.1. The summed E-state index contributed by atoms with van der Waals surface area (Å²) in [4.78, 5) is 23.6. The lowest BCUT2D eigenvalue weighted by molar-refractivity contribution is -0.116. The van der Waals surface area contributed by atoms with Crippen LogP contribution in [0.2, 0.25) is 0 Å². The van der Waals surface area contributed by atoms with Gasteiger partial charge in [0.15, 0.2) is 0 Å². The summed E-state index contributed by atoms with van der Waals surface area (Å²) in [6, 6.07) is 4.71. The lowest BCUT2D eigenvalue weighted by Gasteiger charge is -2.23. The van der Waals surface area contributed by atoms with Gasteiger partial charge in [0.05, 0.1) is 17.9 Å². The molecule has 0 aromatic heterocycles. The molecule has 2 amide bonds. The molecule has 0 unspecified atom stereocenters. The van der Waals surface area contributed by atoms with Gasteiger partial charge in [0.25, 0.3) is 0 Å². The minimum atomic E-state index is -0.541. The molecule has 1 aromatic carbocycles. The van der Waals surface area contributed by atoms with Crippen LogP contribution >= 0.6 is 0 Å². The maximum atomic E-state index is 11.0. The Hall–Kier alpha value is -2.24. The van der Waals surface area contributed by atoms with Gasteiger partial charge in [0, 0.05) is 12.1 Å². The number of primary amides is 2. The molecule has 0 saturated carbocycles. The molecular formula is C11H16N4O2. The van der Waals surface area contributed by atoms with Gasteiger partial charge in [0.2, 0.25) is 11.8 Å². The Balaban J connectivity index is 3.04. The number of rotatable bonds is 5. The van der Waals surface area contributed by atoms with E-state index < -0.39 is 11.8 Å². The van der Waals surface area contributed by atoms with Crippen LogP contribution in [0.4, 0.5) is 11.4 Å². The zero-order valence-corrected chi connectivity index (χ0v) is 9.64. The van der Waals surface area contributed by atoms with Gasteiger partial charge in [-0.3, -0.25) is 9.59 Å². The summed E-state index contributed by atoms with van der Waals surface area (Å²) >= 11 is 0. The van der Waals surface area contributed by atoms with E-state index >= 15 is 0 Å². The van der Waals surface area contributed by atoms with Crippen LogP contribution in [0.1, 0.15) is 17.3 Å². The second kappa shape index (κ2) is 5.20. The van der Waals surface area contributed by atoms with Gasteiger partial charge in [-0.05, 0) is 25.1 Å². The van der Waals surface area contributed by atoms with E-state index in [0.29, 0.717) is 23.5 Å². The molecule has 6 heteroatoms. The third kappa shape index (κ3) is 3.10. The Bertz CT molecular complexity index is 445. The number of carbonyl (C=O) groups excluding carboxylic acids is 2. The van der Waals surface area contributed by atoms with Crippen molar-refractivity contribution in [3.8, 4) is 0 Å². The fraction of sp³-hybridized carbons (Fsp3) is 0.273. The van der Waals surface area contributed by atoms with Crippen molar-refractivity contribution in [1.29, 1.82) is 0 Å². The average Bonchev–Trinajstić information content (AvgIpc) is 2.25. The van der Waals surface area contributed by atoms with Gasteiger partial charge in [0.1, 0.15) is 0 Å². The maximum Gasteiger partial charge on any atom is 0.248 e. The highest BCUT2D eigenvalue weighted by Crippen LogP contribution is 2.23. The average molecular weight is 236 g/mol. The second-order valence-electron chi connectivity index (χ2n) is 3.62. The molecule has 0 spiro atoms. The van der Waals surface area contributed by atoms with Crippen molar-refractivity contribution in [2.24, 2.45) is 11.5 Å². The quantitative estimate of drug-likeness (QED) is 0.607. The number of nitrogens with two attached hydrogens (primary N) is 3.